The van der Waals surface area contributed by atoms with E-state index < -0.39 is 97.5 Å². The van der Waals surface area contributed by atoms with Crippen LogP contribution in [0, 0.1) is 11.8 Å². The monoisotopic (exact) mass is 1490 g/mol. The molecule has 102 heavy (non-hydrogen) atoms. The average molecular weight is 1490 g/mol. The van der Waals surface area contributed by atoms with Gasteiger partial charge in [-0.05, 0) is 37.5 Å². The van der Waals surface area contributed by atoms with Crippen molar-refractivity contribution in [2.75, 3.05) is 39.6 Å². The number of hydrogen-bond donors (Lipinski definition) is 3. The highest BCUT2D eigenvalue weighted by Gasteiger charge is 2.30. The quantitative estimate of drug-likeness (QED) is 0.0222. The van der Waals surface area contributed by atoms with Crippen molar-refractivity contribution in [3.8, 4) is 0 Å². The summed E-state index contributed by atoms with van der Waals surface area (Å²) in [6.07, 6.45) is 65.3. The molecule has 3 N–H and O–H groups in total. The van der Waals surface area contributed by atoms with Crippen LogP contribution in [0.3, 0.4) is 0 Å². The largest absolute Gasteiger partial charge is 0.472 e. The summed E-state index contributed by atoms with van der Waals surface area (Å²) in [6, 6.07) is 0. The van der Waals surface area contributed by atoms with E-state index >= 15 is 0 Å². The Labute approximate surface area is 626 Å². The van der Waals surface area contributed by atoms with Gasteiger partial charge in [-0.15, -0.1) is 0 Å². The first kappa shape index (κ1) is 100. The van der Waals surface area contributed by atoms with Crippen molar-refractivity contribution in [2.45, 2.75) is 458 Å². The third-order valence-electron chi connectivity index (χ3n) is 19.5. The molecule has 0 aliphatic heterocycles. The van der Waals surface area contributed by atoms with E-state index in [1.807, 2.05) is 0 Å². The molecular formula is C83H162O17P2. The van der Waals surface area contributed by atoms with Gasteiger partial charge in [0.15, 0.2) is 12.2 Å². The molecule has 0 spiro atoms. The number of esters is 4. The third-order valence-corrected chi connectivity index (χ3v) is 21.4. The molecule has 0 aromatic carbocycles. The zero-order chi connectivity index (χ0) is 74.9. The molecular weight excluding hydrogens is 1330 g/mol. The van der Waals surface area contributed by atoms with Crippen molar-refractivity contribution in [1.29, 1.82) is 0 Å². The maximum Gasteiger partial charge on any atom is 0.472 e. The molecule has 17 nitrogen and oxygen atoms in total. The molecule has 0 heterocycles. The molecule has 0 fully saturated rings. The summed E-state index contributed by atoms with van der Waals surface area (Å²) < 4.78 is 68.7. The van der Waals surface area contributed by atoms with Crippen molar-refractivity contribution in [2.24, 2.45) is 11.8 Å². The second-order valence-corrected chi connectivity index (χ2v) is 33.7. The van der Waals surface area contributed by atoms with E-state index in [1.54, 1.807) is 0 Å². The number of phosphoric ester groups is 2. The van der Waals surface area contributed by atoms with Crippen LogP contribution in [0.5, 0.6) is 0 Å². The van der Waals surface area contributed by atoms with E-state index in [1.165, 1.54) is 257 Å². The van der Waals surface area contributed by atoms with Crippen LogP contribution >= 0.6 is 15.6 Å². The zero-order valence-corrected chi connectivity index (χ0v) is 68.7. The fraction of sp³-hybridized carbons (Fsp3) is 0.952. The molecule has 0 bridgehead atoms. The van der Waals surface area contributed by atoms with Gasteiger partial charge in [-0.2, -0.15) is 0 Å². The number of carbonyl (C=O) groups excluding carboxylic acids is 4. The van der Waals surface area contributed by atoms with Crippen molar-refractivity contribution in [3.63, 3.8) is 0 Å². The average Bonchev–Trinajstić information content (AvgIpc) is 0.916. The van der Waals surface area contributed by atoms with Gasteiger partial charge >= 0.3 is 39.5 Å². The third kappa shape index (κ3) is 76.3. The van der Waals surface area contributed by atoms with Gasteiger partial charge in [0.1, 0.15) is 19.3 Å². The maximum absolute atomic E-state index is 13.1. The lowest BCUT2D eigenvalue weighted by Crippen LogP contribution is -2.30. The normalized spacial score (nSPS) is 13.9. The maximum atomic E-state index is 13.1. The van der Waals surface area contributed by atoms with Gasteiger partial charge in [-0.1, -0.05) is 388 Å². The molecule has 0 aromatic rings. The second kappa shape index (κ2) is 74.5. The Bertz CT molecular complexity index is 1960. The van der Waals surface area contributed by atoms with Crippen LogP contribution in [0.1, 0.15) is 440 Å². The molecule has 0 radical (unpaired) electrons. The summed E-state index contributed by atoms with van der Waals surface area (Å²) in [6.45, 7) is 9.66. The number of phosphoric acid groups is 2. The number of ether oxygens (including phenoxy) is 4. The number of carbonyl (C=O) groups is 4. The summed E-state index contributed by atoms with van der Waals surface area (Å²) in [7, 11) is -9.92. The predicted octanol–water partition coefficient (Wildman–Crippen LogP) is 25.1. The fourth-order valence-corrected chi connectivity index (χ4v) is 14.5. The standard InChI is InChI=1S/C83H162O17P2/c1-7-9-11-13-15-17-18-19-20-21-22-23-24-25-26-31-37-43-49-55-61-67-82(87)100-79(72-94-81(86)66-60-54-48-42-36-30-28-27-29-34-40-45-51-57-63-75(3)4)74-98-102(91,92)96-70-77(84)69-95-101(89,90)97-73-78(71-93-80(85)65-59-53-47-39-16-14-12-10-8-2)99-83(88)68-62-56-50-44-38-33-32-35-41-46-52-58-64-76(5)6/h75-79,84H,7-74H2,1-6H3,(H,89,90)(H,91,92)/t77-,78+,79+/m0/s1. The van der Waals surface area contributed by atoms with E-state index in [9.17, 15) is 43.2 Å². The number of rotatable bonds is 82. The van der Waals surface area contributed by atoms with Crippen molar-refractivity contribution < 1.29 is 80.2 Å². The minimum atomic E-state index is -4.96. The molecule has 0 amide bonds. The molecule has 2 unspecified atom stereocenters. The zero-order valence-electron chi connectivity index (χ0n) is 66.9. The van der Waals surface area contributed by atoms with Crippen LogP contribution < -0.4 is 0 Å². The van der Waals surface area contributed by atoms with Crippen LogP contribution in [-0.2, 0) is 65.4 Å². The van der Waals surface area contributed by atoms with E-state index in [0.29, 0.717) is 25.7 Å². The highest BCUT2D eigenvalue weighted by atomic mass is 31.2. The van der Waals surface area contributed by atoms with Gasteiger partial charge in [-0.3, -0.25) is 37.3 Å². The lowest BCUT2D eigenvalue weighted by atomic mass is 10.0. The summed E-state index contributed by atoms with van der Waals surface area (Å²) in [5.74, 6) is -0.531. The van der Waals surface area contributed by atoms with E-state index in [2.05, 4.69) is 41.5 Å². The fourth-order valence-electron chi connectivity index (χ4n) is 12.9. The first-order valence-corrected chi connectivity index (χ1v) is 46.0. The van der Waals surface area contributed by atoms with E-state index in [0.717, 1.165) is 102 Å². The van der Waals surface area contributed by atoms with Gasteiger partial charge in [0.2, 0.25) is 0 Å². The number of aliphatic hydroxyl groups is 1. The Morgan fingerprint density at radius 1 is 0.265 bits per heavy atom. The van der Waals surface area contributed by atoms with Gasteiger partial charge in [0, 0.05) is 25.7 Å². The topological polar surface area (TPSA) is 237 Å². The van der Waals surface area contributed by atoms with E-state index in [4.69, 9.17) is 37.0 Å². The molecule has 606 valence electrons. The molecule has 5 atom stereocenters. The Morgan fingerprint density at radius 3 is 0.667 bits per heavy atom. The minimum absolute atomic E-state index is 0.107. The molecule has 0 saturated carbocycles. The first-order valence-electron chi connectivity index (χ1n) is 43.0. The number of hydrogen-bond acceptors (Lipinski definition) is 15. The summed E-state index contributed by atoms with van der Waals surface area (Å²) in [5.41, 5.74) is 0. The number of aliphatic hydroxyl groups excluding tert-OH is 1. The van der Waals surface area contributed by atoms with Gasteiger partial charge < -0.3 is 33.8 Å². The Morgan fingerprint density at radius 2 is 0.451 bits per heavy atom. The molecule has 0 aliphatic rings. The lowest BCUT2D eigenvalue weighted by Gasteiger charge is -2.21. The summed E-state index contributed by atoms with van der Waals surface area (Å²) >= 11 is 0. The first-order chi connectivity index (χ1) is 49.4. The Hall–Kier alpha value is -1.94. The highest BCUT2D eigenvalue weighted by molar-refractivity contribution is 7.47. The lowest BCUT2D eigenvalue weighted by molar-refractivity contribution is -0.161. The predicted molar refractivity (Wildman–Crippen MR) is 418 cm³/mol. The molecule has 0 aliphatic carbocycles. The molecule has 0 rings (SSSR count). The van der Waals surface area contributed by atoms with E-state index in [-0.39, 0.29) is 25.7 Å². The Kier molecular flexibility index (Phi) is 73.1. The van der Waals surface area contributed by atoms with Crippen LogP contribution in [0.25, 0.3) is 0 Å². The van der Waals surface area contributed by atoms with Crippen LogP contribution in [0.4, 0.5) is 0 Å². The smallest absolute Gasteiger partial charge is 0.462 e. The van der Waals surface area contributed by atoms with Crippen LogP contribution in [0.15, 0.2) is 0 Å². The molecule has 19 heteroatoms. The summed E-state index contributed by atoms with van der Waals surface area (Å²) in [5, 5.41) is 10.6. The SMILES string of the molecule is CCCCCCCCCCCCCCCCCCCCCCCC(=O)O[C@H](COC(=O)CCCCCCCCCCCCCCCCC(C)C)COP(=O)(O)OC[C@@H](O)COP(=O)(O)OC[C@@H](COC(=O)CCCCCCCCCCC)OC(=O)CCCCCCCCCCCCCCC(C)C. The molecule has 0 saturated heterocycles. The second-order valence-electron chi connectivity index (χ2n) is 30.8. The van der Waals surface area contributed by atoms with Gasteiger partial charge in [0.05, 0.1) is 26.4 Å². The van der Waals surface area contributed by atoms with Crippen molar-refractivity contribution in [1.82, 2.24) is 0 Å². The Balaban J connectivity index is 5.21. The number of unbranched alkanes of at least 4 members (excludes halogenated alkanes) is 52. The highest BCUT2D eigenvalue weighted by Crippen LogP contribution is 2.45. The van der Waals surface area contributed by atoms with Crippen LogP contribution in [-0.4, -0.2) is 96.7 Å². The minimum Gasteiger partial charge on any atom is -0.462 e. The molecule has 0 aromatic heterocycles. The van der Waals surface area contributed by atoms with Crippen molar-refractivity contribution in [3.05, 3.63) is 0 Å². The van der Waals surface area contributed by atoms with Crippen molar-refractivity contribution >= 4 is 39.5 Å². The summed E-state index contributed by atoms with van der Waals surface area (Å²) in [4.78, 5) is 73.0. The van der Waals surface area contributed by atoms with Gasteiger partial charge in [0.25, 0.3) is 0 Å². The van der Waals surface area contributed by atoms with Crippen LogP contribution in [0.2, 0.25) is 0 Å². The van der Waals surface area contributed by atoms with Gasteiger partial charge in [-0.25, -0.2) is 9.13 Å².